The van der Waals surface area contributed by atoms with Crippen molar-refractivity contribution < 1.29 is 23.7 Å². The zero-order valence-electron chi connectivity index (χ0n) is 16.4. The summed E-state index contributed by atoms with van der Waals surface area (Å²) < 4.78 is 6.63. The Hall–Kier alpha value is -3.32. The molecule has 0 bridgehead atoms. The maximum atomic E-state index is 12.5. The van der Waals surface area contributed by atoms with Gasteiger partial charge in [-0.1, -0.05) is 18.2 Å². The number of halogens is 1. The Bertz CT molecular complexity index is 1000. The average Bonchev–Trinajstić information content (AvgIpc) is 2.75. The number of ketones is 1. The minimum Gasteiger partial charge on any atom is -0.462 e. The first-order valence-electron chi connectivity index (χ1n) is 9.22. The van der Waals surface area contributed by atoms with Crippen molar-refractivity contribution >= 4 is 40.3 Å². The van der Waals surface area contributed by atoms with Crippen molar-refractivity contribution in [1.29, 1.82) is 0 Å². The fraction of sp³-hybridized carbons (Fsp3) is 0.130. The highest BCUT2D eigenvalue weighted by molar-refractivity contribution is 8.93. The van der Waals surface area contributed by atoms with Crippen LogP contribution in [0.2, 0.25) is 0 Å². The molecule has 3 rings (SSSR count). The van der Waals surface area contributed by atoms with Crippen LogP contribution in [-0.2, 0) is 11.3 Å². The Morgan fingerprint density at radius 2 is 1.47 bits per heavy atom. The molecule has 0 aliphatic rings. The Morgan fingerprint density at radius 3 is 2.07 bits per heavy atom. The van der Waals surface area contributed by atoms with E-state index in [1.54, 1.807) is 84.5 Å². The molecule has 0 aliphatic carbocycles. The van der Waals surface area contributed by atoms with Gasteiger partial charge in [-0.3, -0.25) is 9.59 Å². The molecule has 0 saturated carbocycles. The number of esters is 1. The van der Waals surface area contributed by atoms with Gasteiger partial charge in [-0.2, -0.15) is 4.57 Å². The summed E-state index contributed by atoms with van der Waals surface area (Å²) in [5.74, 6) is -0.680. The Kier molecular flexibility index (Phi) is 8.43. The van der Waals surface area contributed by atoms with E-state index < -0.39 is 0 Å². The van der Waals surface area contributed by atoms with E-state index in [9.17, 15) is 14.4 Å². The number of anilines is 1. The van der Waals surface area contributed by atoms with E-state index in [1.807, 2.05) is 6.07 Å². The summed E-state index contributed by atoms with van der Waals surface area (Å²) >= 11 is 0. The maximum Gasteiger partial charge on any atom is 0.338 e. The van der Waals surface area contributed by atoms with Crippen LogP contribution in [0, 0.1) is 0 Å². The predicted molar refractivity (Wildman–Crippen MR) is 118 cm³/mol. The van der Waals surface area contributed by atoms with Crippen LogP contribution in [0.5, 0.6) is 0 Å². The van der Waals surface area contributed by atoms with Gasteiger partial charge in [0.25, 0.3) is 5.91 Å². The van der Waals surface area contributed by atoms with Gasteiger partial charge in [0.1, 0.15) is 0 Å². The Balaban J connectivity index is 0.00000320. The standard InChI is InChI=1S/C23H20N2O4.BrH/c1-2-29-23(28)19-12-14-25(15-13-19)16-21(26)17-8-10-20(11-9-17)24-22(27)18-6-4-3-5-7-18;/h3-15H,2,16H2,1H3;1H/p+1. The molecular weight excluding hydrogens is 448 g/mol. The van der Waals surface area contributed by atoms with Crippen LogP contribution in [0.1, 0.15) is 38.0 Å². The van der Waals surface area contributed by atoms with Gasteiger partial charge >= 0.3 is 5.97 Å². The number of nitrogens with one attached hydrogen (secondary N) is 1. The first-order valence-corrected chi connectivity index (χ1v) is 9.22. The van der Waals surface area contributed by atoms with E-state index in [4.69, 9.17) is 4.74 Å². The lowest BCUT2D eigenvalue weighted by Gasteiger charge is -2.06. The highest BCUT2D eigenvalue weighted by Gasteiger charge is 2.14. The van der Waals surface area contributed by atoms with E-state index >= 15 is 0 Å². The van der Waals surface area contributed by atoms with Crippen molar-refractivity contribution in [2.75, 3.05) is 11.9 Å². The van der Waals surface area contributed by atoms with E-state index in [1.165, 1.54) is 0 Å². The second-order valence-electron chi connectivity index (χ2n) is 6.30. The lowest BCUT2D eigenvalue weighted by atomic mass is 10.1. The van der Waals surface area contributed by atoms with Crippen LogP contribution >= 0.6 is 17.0 Å². The zero-order chi connectivity index (χ0) is 20.6. The number of ether oxygens (including phenoxy) is 1. The number of Topliss-reactive ketones (excluding diaryl/α,β-unsaturated/α-hetero) is 1. The summed E-state index contributed by atoms with van der Waals surface area (Å²) in [7, 11) is 0. The van der Waals surface area contributed by atoms with Crippen molar-refractivity contribution in [1.82, 2.24) is 0 Å². The third-order valence-corrected chi connectivity index (χ3v) is 4.23. The third kappa shape index (κ3) is 6.09. The number of amides is 1. The largest absolute Gasteiger partial charge is 0.462 e. The second-order valence-corrected chi connectivity index (χ2v) is 6.30. The molecular formula is C23H22BrN2O4+. The van der Waals surface area contributed by atoms with Gasteiger partial charge in [-0.25, -0.2) is 4.79 Å². The minimum atomic E-state index is -0.390. The first kappa shape index (κ1) is 23.0. The first-order chi connectivity index (χ1) is 14.1. The predicted octanol–water partition coefficient (Wildman–Crippen LogP) is 3.86. The van der Waals surface area contributed by atoms with Crippen LogP contribution in [0.25, 0.3) is 0 Å². The maximum absolute atomic E-state index is 12.5. The molecule has 0 unspecified atom stereocenters. The molecule has 1 amide bonds. The lowest BCUT2D eigenvalue weighted by Crippen LogP contribution is -2.37. The Labute approximate surface area is 185 Å². The number of carbonyl (C=O) groups excluding carboxylic acids is 3. The summed E-state index contributed by atoms with van der Waals surface area (Å²) in [4.78, 5) is 36.3. The average molecular weight is 470 g/mol. The van der Waals surface area contributed by atoms with Gasteiger partial charge < -0.3 is 10.1 Å². The smallest absolute Gasteiger partial charge is 0.338 e. The molecule has 154 valence electrons. The highest BCUT2D eigenvalue weighted by atomic mass is 79.9. The van der Waals surface area contributed by atoms with Gasteiger partial charge in [-0.15, -0.1) is 17.0 Å². The quantitative estimate of drug-likeness (QED) is 0.323. The zero-order valence-corrected chi connectivity index (χ0v) is 18.1. The van der Waals surface area contributed by atoms with E-state index in [2.05, 4.69) is 5.32 Å². The minimum absolute atomic E-state index is 0. The molecule has 0 spiro atoms. The van der Waals surface area contributed by atoms with Crippen molar-refractivity contribution in [3.8, 4) is 0 Å². The second kappa shape index (κ2) is 11.0. The van der Waals surface area contributed by atoms with Crippen molar-refractivity contribution in [2.45, 2.75) is 13.5 Å². The number of carbonyl (C=O) groups is 3. The molecule has 30 heavy (non-hydrogen) atoms. The van der Waals surface area contributed by atoms with Crippen molar-refractivity contribution in [3.05, 3.63) is 95.8 Å². The number of hydrogen-bond acceptors (Lipinski definition) is 4. The molecule has 1 heterocycles. The van der Waals surface area contributed by atoms with Crippen LogP contribution in [-0.4, -0.2) is 24.3 Å². The van der Waals surface area contributed by atoms with Crippen LogP contribution < -0.4 is 9.88 Å². The fourth-order valence-electron chi connectivity index (χ4n) is 2.70. The van der Waals surface area contributed by atoms with E-state index in [-0.39, 0.29) is 41.2 Å². The summed E-state index contributed by atoms with van der Waals surface area (Å²) in [6.45, 7) is 2.20. The number of nitrogens with zero attached hydrogens (tertiary/aromatic N) is 1. The van der Waals surface area contributed by atoms with E-state index in [0.29, 0.717) is 29.0 Å². The molecule has 0 radical (unpaired) electrons. The van der Waals surface area contributed by atoms with Crippen LogP contribution in [0.4, 0.5) is 5.69 Å². The highest BCUT2D eigenvalue weighted by Crippen LogP contribution is 2.12. The molecule has 0 saturated heterocycles. The number of aromatic nitrogens is 1. The van der Waals surface area contributed by atoms with E-state index in [0.717, 1.165) is 0 Å². The van der Waals surface area contributed by atoms with Gasteiger partial charge in [-0.05, 0) is 43.3 Å². The monoisotopic (exact) mass is 469 g/mol. The summed E-state index contributed by atoms with van der Waals surface area (Å²) in [6.07, 6.45) is 3.33. The number of rotatable bonds is 7. The van der Waals surface area contributed by atoms with Gasteiger partial charge in [0.2, 0.25) is 12.3 Å². The lowest BCUT2D eigenvalue weighted by molar-refractivity contribution is -0.683. The Morgan fingerprint density at radius 1 is 0.833 bits per heavy atom. The molecule has 1 N–H and O–H groups in total. The molecule has 6 nitrogen and oxygen atoms in total. The summed E-state index contributed by atoms with van der Waals surface area (Å²) in [5, 5.41) is 2.80. The van der Waals surface area contributed by atoms with Gasteiger partial charge in [0.05, 0.1) is 12.2 Å². The SMILES string of the molecule is Br.CCOC(=O)c1cc[n+](CC(=O)c2ccc(NC(=O)c3ccccc3)cc2)cc1. The normalized spacial score (nSPS) is 9.90. The number of pyridine rings is 1. The molecule has 0 atom stereocenters. The molecule has 7 heteroatoms. The summed E-state index contributed by atoms with van der Waals surface area (Å²) in [6, 6.07) is 18.9. The van der Waals surface area contributed by atoms with Crippen LogP contribution in [0.15, 0.2) is 79.1 Å². The molecule has 0 fully saturated rings. The van der Waals surface area contributed by atoms with Crippen LogP contribution in [0.3, 0.4) is 0 Å². The summed E-state index contributed by atoms with van der Waals surface area (Å²) in [5.41, 5.74) is 2.15. The fourth-order valence-corrected chi connectivity index (χ4v) is 2.70. The van der Waals surface area contributed by atoms with Crippen molar-refractivity contribution in [3.63, 3.8) is 0 Å². The topological polar surface area (TPSA) is 76.3 Å². The van der Waals surface area contributed by atoms with Gasteiger partial charge in [0.15, 0.2) is 12.4 Å². The van der Waals surface area contributed by atoms with Crippen molar-refractivity contribution in [2.24, 2.45) is 0 Å². The molecule has 3 aromatic rings. The molecule has 2 aromatic carbocycles. The third-order valence-electron chi connectivity index (χ3n) is 4.23. The molecule has 0 aliphatic heterocycles. The molecule has 1 aromatic heterocycles. The number of hydrogen-bond donors (Lipinski definition) is 1. The van der Waals surface area contributed by atoms with Gasteiger partial charge in [0, 0.05) is 28.9 Å². The number of benzene rings is 2.